The van der Waals surface area contributed by atoms with Crippen molar-refractivity contribution in [3.63, 3.8) is 0 Å². The molecule has 80 valence electrons. The number of aliphatic hydroxyl groups is 1. The number of aromatic nitrogens is 2. The molecule has 0 aliphatic heterocycles. The van der Waals surface area contributed by atoms with Crippen LogP contribution in [0.15, 0.2) is 17.5 Å². The maximum atomic E-state index is 8.91. The molecule has 2 rings (SSSR count). The third kappa shape index (κ3) is 1.93. The molecule has 3 nitrogen and oxygen atoms in total. The summed E-state index contributed by atoms with van der Waals surface area (Å²) in [6.45, 7) is 0.0864. The van der Waals surface area contributed by atoms with Crippen molar-refractivity contribution in [1.29, 1.82) is 0 Å². The molecule has 2 aromatic heterocycles. The molecular weight excluding hydrogens is 232 g/mol. The predicted molar refractivity (Wildman–Crippen MR) is 62.3 cm³/mol. The topological polar surface area (TPSA) is 38.0 Å². The van der Waals surface area contributed by atoms with E-state index in [0.717, 1.165) is 16.4 Å². The second-order valence-corrected chi connectivity index (χ2v) is 4.49. The molecule has 0 amide bonds. The van der Waals surface area contributed by atoms with E-state index < -0.39 is 0 Å². The van der Waals surface area contributed by atoms with Crippen LogP contribution in [0.2, 0.25) is 5.15 Å². The van der Waals surface area contributed by atoms with Crippen molar-refractivity contribution in [1.82, 2.24) is 9.55 Å². The molecule has 0 bridgehead atoms. The van der Waals surface area contributed by atoms with Crippen LogP contribution >= 0.6 is 22.9 Å². The molecule has 0 aliphatic carbocycles. The van der Waals surface area contributed by atoms with Crippen molar-refractivity contribution in [3.8, 4) is 10.7 Å². The zero-order valence-corrected chi connectivity index (χ0v) is 9.85. The molecule has 0 aliphatic rings. The lowest BCUT2D eigenvalue weighted by atomic mass is 10.3. The Kier molecular flexibility index (Phi) is 3.09. The molecule has 2 aromatic rings. The normalized spacial score (nSPS) is 10.9. The van der Waals surface area contributed by atoms with Gasteiger partial charge < -0.3 is 9.67 Å². The van der Waals surface area contributed by atoms with Gasteiger partial charge in [-0.2, -0.15) is 0 Å². The van der Waals surface area contributed by atoms with E-state index in [2.05, 4.69) is 4.98 Å². The third-order valence-corrected chi connectivity index (χ3v) is 3.42. The zero-order valence-electron chi connectivity index (χ0n) is 8.27. The van der Waals surface area contributed by atoms with E-state index in [1.807, 2.05) is 29.1 Å². The van der Waals surface area contributed by atoms with Gasteiger partial charge in [0, 0.05) is 20.1 Å². The number of aliphatic hydroxyl groups excluding tert-OH is 1. The molecule has 0 saturated carbocycles. The lowest BCUT2D eigenvalue weighted by Crippen LogP contribution is -2.00. The number of imidazole rings is 1. The maximum absolute atomic E-state index is 8.91. The second-order valence-electron chi connectivity index (χ2n) is 3.18. The van der Waals surface area contributed by atoms with Crippen LogP contribution in [0, 0.1) is 0 Å². The monoisotopic (exact) mass is 242 g/mol. The first-order valence-electron chi connectivity index (χ1n) is 4.60. The minimum absolute atomic E-state index is 0.0864. The Hall–Kier alpha value is -0.840. The van der Waals surface area contributed by atoms with Crippen molar-refractivity contribution >= 4 is 22.9 Å². The first kappa shape index (κ1) is 10.7. The molecule has 0 unspecified atom stereocenters. The highest BCUT2D eigenvalue weighted by molar-refractivity contribution is 7.13. The first-order valence-corrected chi connectivity index (χ1v) is 5.85. The Bertz CT molecular complexity index is 450. The Morgan fingerprint density at radius 2 is 2.40 bits per heavy atom. The van der Waals surface area contributed by atoms with Gasteiger partial charge in [0.25, 0.3) is 0 Å². The first-order chi connectivity index (χ1) is 7.24. The van der Waals surface area contributed by atoms with Crippen LogP contribution in [0.3, 0.4) is 0 Å². The number of thiophene rings is 1. The fourth-order valence-corrected chi connectivity index (χ4v) is 2.55. The Morgan fingerprint density at radius 3 is 3.00 bits per heavy atom. The SMILES string of the molecule is Cn1c(-c2cccs2)nc(Cl)c1CCO. The molecule has 0 atom stereocenters. The van der Waals surface area contributed by atoms with Crippen LogP contribution in [-0.2, 0) is 13.5 Å². The van der Waals surface area contributed by atoms with Crippen molar-refractivity contribution in [2.75, 3.05) is 6.61 Å². The van der Waals surface area contributed by atoms with Gasteiger partial charge in [-0.15, -0.1) is 11.3 Å². The number of rotatable bonds is 3. The van der Waals surface area contributed by atoms with Crippen molar-refractivity contribution in [2.45, 2.75) is 6.42 Å². The lowest BCUT2D eigenvalue weighted by Gasteiger charge is -2.02. The summed E-state index contributed by atoms with van der Waals surface area (Å²) in [4.78, 5) is 5.39. The Balaban J connectivity index is 2.46. The highest BCUT2D eigenvalue weighted by Gasteiger charge is 2.14. The smallest absolute Gasteiger partial charge is 0.151 e. The van der Waals surface area contributed by atoms with Gasteiger partial charge in [0.15, 0.2) is 11.0 Å². The summed E-state index contributed by atoms with van der Waals surface area (Å²) >= 11 is 7.63. The van der Waals surface area contributed by atoms with Crippen LogP contribution in [0.25, 0.3) is 10.7 Å². The maximum Gasteiger partial charge on any atom is 0.151 e. The number of hydrogen-bond donors (Lipinski definition) is 1. The van der Waals surface area contributed by atoms with Crippen LogP contribution in [0.1, 0.15) is 5.69 Å². The zero-order chi connectivity index (χ0) is 10.8. The van der Waals surface area contributed by atoms with Gasteiger partial charge in [0.1, 0.15) is 0 Å². The average molecular weight is 243 g/mol. The van der Waals surface area contributed by atoms with Crippen LogP contribution in [0.4, 0.5) is 0 Å². The summed E-state index contributed by atoms with van der Waals surface area (Å²) in [6.07, 6.45) is 0.535. The van der Waals surface area contributed by atoms with Gasteiger partial charge in [0.05, 0.1) is 10.6 Å². The molecule has 0 saturated heterocycles. The van der Waals surface area contributed by atoms with E-state index in [-0.39, 0.29) is 6.61 Å². The van der Waals surface area contributed by atoms with E-state index in [1.165, 1.54) is 0 Å². The van der Waals surface area contributed by atoms with Crippen LogP contribution in [-0.4, -0.2) is 21.3 Å². The highest BCUT2D eigenvalue weighted by atomic mass is 35.5. The Labute approximate surface area is 97.0 Å². The van der Waals surface area contributed by atoms with Crippen molar-refractivity contribution in [2.24, 2.45) is 7.05 Å². The van der Waals surface area contributed by atoms with Gasteiger partial charge in [-0.1, -0.05) is 17.7 Å². The minimum Gasteiger partial charge on any atom is -0.396 e. The van der Waals surface area contributed by atoms with E-state index in [0.29, 0.717) is 11.6 Å². The molecule has 1 N–H and O–H groups in total. The quantitative estimate of drug-likeness (QED) is 0.897. The van der Waals surface area contributed by atoms with E-state index >= 15 is 0 Å². The highest BCUT2D eigenvalue weighted by Crippen LogP contribution is 2.27. The molecule has 0 fully saturated rings. The largest absolute Gasteiger partial charge is 0.396 e. The third-order valence-electron chi connectivity index (χ3n) is 2.25. The molecule has 5 heteroatoms. The average Bonchev–Trinajstić information content (AvgIpc) is 2.81. The summed E-state index contributed by atoms with van der Waals surface area (Å²) in [5, 5.41) is 11.4. The standard InChI is InChI=1S/C10H11ClN2OS/c1-13-7(4-5-14)9(11)12-10(13)8-3-2-6-15-8/h2-3,6,14H,4-5H2,1H3. The number of nitrogens with zero attached hydrogens (tertiary/aromatic N) is 2. The van der Waals surface area contributed by atoms with Gasteiger partial charge in [-0.25, -0.2) is 4.98 Å². The van der Waals surface area contributed by atoms with E-state index in [1.54, 1.807) is 11.3 Å². The Morgan fingerprint density at radius 1 is 1.60 bits per heavy atom. The van der Waals surface area contributed by atoms with Crippen molar-refractivity contribution in [3.05, 3.63) is 28.4 Å². The van der Waals surface area contributed by atoms with Crippen molar-refractivity contribution < 1.29 is 5.11 Å². The summed E-state index contributed by atoms with van der Waals surface area (Å²) in [6, 6.07) is 3.99. The van der Waals surface area contributed by atoms with Gasteiger partial charge in [-0.3, -0.25) is 0 Å². The summed E-state index contributed by atoms with van der Waals surface area (Å²) in [7, 11) is 1.92. The fourth-order valence-electron chi connectivity index (χ4n) is 1.50. The molecule has 0 spiro atoms. The lowest BCUT2D eigenvalue weighted by molar-refractivity contribution is 0.297. The summed E-state index contributed by atoms with van der Waals surface area (Å²) in [5.74, 6) is 0.860. The molecule has 0 aromatic carbocycles. The fraction of sp³-hybridized carbons (Fsp3) is 0.300. The van der Waals surface area contributed by atoms with Crippen LogP contribution in [0.5, 0.6) is 0 Å². The number of halogens is 1. The molecule has 0 radical (unpaired) electrons. The molecule has 2 heterocycles. The minimum atomic E-state index is 0.0864. The predicted octanol–water partition coefficient (Wildman–Crippen LogP) is 2.34. The second kappa shape index (κ2) is 4.35. The molecule has 15 heavy (non-hydrogen) atoms. The number of hydrogen-bond acceptors (Lipinski definition) is 3. The molecular formula is C10H11ClN2OS. The van der Waals surface area contributed by atoms with Gasteiger partial charge in [0.2, 0.25) is 0 Å². The van der Waals surface area contributed by atoms with Crippen LogP contribution < -0.4 is 0 Å². The van der Waals surface area contributed by atoms with E-state index in [4.69, 9.17) is 16.7 Å². The van der Waals surface area contributed by atoms with E-state index in [9.17, 15) is 0 Å². The van der Waals surface area contributed by atoms with Gasteiger partial charge >= 0.3 is 0 Å². The summed E-state index contributed by atoms with van der Waals surface area (Å²) in [5.41, 5.74) is 0.877. The van der Waals surface area contributed by atoms with Gasteiger partial charge in [-0.05, 0) is 11.4 Å². The summed E-state index contributed by atoms with van der Waals surface area (Å²) < 4.78 is 1.93.